The Hall–Kier alpha value is -3.13. The summed E-state index contributed by atoms with van der Waals surface area (Å²) in [6.45, 7) is 3.57. The van der Waals surface area contributed by atoms with Gasteiger partial charge in [-0.15, -0.1) is 0 Å². The molecule has 26 heavy (non-hydrogen) atoms. The highest BCUT2D eigenvalue weighted by Gasteiger charge is 2.19. The second-order valence-electron chi connectivity index (χ2n) is 6.52. The van der Waals surface area contributed by atoms with Gasteiger partial charge in [0.2, 0.25) is 5.91 Å². The van der Waals surface area contributed by atoms with E-state index in [0.717, 1.165) is 24.1 Å². The summed E-state index contributed by atoms with van der Waals surface area (Å²) in [6.07, 6.45) is 1.60. The van der Waals surface area contributed by atoms with Gasteiger partial charge in [-0.25, -0.2) is 0 Å². The lowest BCUT2D eigenvalue weighted by Crippen LogP contribution is -2.23. The van der Waals surface area contributed by atoms with Crippen LogP contribution in [0.15, 0.2) is 42.5 Å². The minimum Gasteiger partial charge on any atom is -0.380 e. The monoisotopic (exact) mass is 347 g/mol. The van der Waals surface area contributed by atoms with Crippen molar-refractivity contribution in [2.24, 2.45) is 0 Å². The van der Waals surface area contributed by atoms with E-state index >= 15 is 0 Å². The van der Waals surface area contributed by atoms with E-state index in [1.54, 1.807) is 18.2 Å². The summed E-state index contributed by atoms with van der Waals surface area (Å²) in [7, 11) is 0. The van der Waals surface area contributed by atoms with Crippen LogP contribution in [0, 0.1) is 11.3 Å². The number of benzene rings is 2. The fraction of sp³-hybridized carbons (Fsp3) is 0.286. The Labute approximate surface area is 153 Å². The van der Waals surface area contributed by atoms with Gasteiger partial charge in [0.25, 0.3) is 0 Å². The number of carbonyl (C=O) groups excluding carboxylic acids is 2. The molecule has 0 aromatic heterocycles. The van der Waals surface area contributed by atoms with Gasteiger partial charge >= 0.3 is 0 Å². The molecule has 0 bridgehead atoms. The molecule has 1 saturated heterocycles. The van der Waals surface area contributed by atoms with Crippen LogP contribution in [0.5, 0.6) is 0 Å². The second kappa shape index (κ2) is 7.83. The number of anilines is 1. The van der Waals surface area contributed by atoms with E-state index in [-0.39, 0.29) is 11.7 Å². The summed E-state index contributed by atoms with van der Waals surface area (Å²) in [6, 6.07) is 15.2. The number of hydrogen-bond donors (Lipinski definition) is 1. The molecule has 0 unspecified atom stereocenters. The number of Topliss-reactive ketones (excluding diaryl/α,β-unsaturated/α-hetero) is 1. The summed E-state index contributed by atoms with van der Waals surface area (Å²) in [4.78, 5) is 25.4. The van der Waals surface area contributed by atoms with Gasteiger partial charge in [-0.3, -0.25) is 9.59 Å². The van der Waals surface area contributed by atoms with Crippen LogP contribution < -0.4 is 5.32 Å². The number of rotatable bonds is 6. The van der Waals surface area contributed by atoms with Crippen LogP contribution in [0.1, 0.15) is 46.8 Å². The number of carbonyl (C=O) groups is 2. The highest BCUT2D eigenvalue weighted by molar-refractivity contribution is 5.99. The van der Waals surface area contributed by atoms with Crippen molar-refractivity contribution in [1.82, 2.24) is 4.90 Å². The van der Waals surface area contributed by atoms with Crippen LogP contribution in [0.4, 0.5) is 5.69 Å². The quantitative estimate of drug-likeness (QED) is 0.812. The van der Waals surface area contributed by atoms with E-state index in [2.05, 4.69) is 11.4 Å². The Morgan fingerprint density at radius 2 is 1.92 bits per heavy atom. The molecule has 2 aromatic carbocycles. The molecule has 5 heteroatoms. The minimum absolute atomic E-state index is 0.0392. The van der Waals surface area contributed by atoms with Gasteiger partial charge in [0.1, 0.15) is 0 Å². The summed E-state index contributed by atoms with van der Waals surface area (Å²) in [5, 5.41) is 12.3. The first-order valence-corrected chi connectivity index (χ1v) is 8.71. The highest BCUT2D eigenvalue weighted by Crippen LogP contribution is 2.20. The first kappa shape index (κ1) is 17.7. The molecular formula is C21H21N3O2. The van der Waals surface area contributed by atoms with Crippen molar-refractivity contribution in [3.8, 4) is 6.07 Å². The van der Waals surface area contributed by atoms with Gasteiger partial charge in [-0.1, -0.05) is 24.3 Å². The van der Waals surface area contributed by atoms with Gasteiger partial charge < -0.3 is 10.2 Å². The average Bonchev–Trinajstić information content (AvgIpc) is 3.05. The number of nitriles is 1. The molecule has 1 aliphatic heterocycles. The summed E-state index contributed by atoms with van der Waals surface area (Å²) < 4.78 is 0. The van der Waals surface area contributed by atoms with Gasteiger partial charge in [-0.05, 0) is 42.7 Å². The van der Waals surface area contributed by atoms with E-state index in [1.165, 1.54) is 6.92 Å². The van der Waals surface area contributed by atoms with Gasteiger partial charge in [-0.2, -0.15) is 5.26 Å². The fourth-order valence-electron chi connectivity index (χ4n) is 3.12. The lowest BCUT2D eigenvalue weighted by Gasteiger charge is -2.16. The third-order valence-electron chi connectivity index (χ3n) is 4.58. The number of ketones is 1. The number of nitrogens with one attached hydrogen (secondary N) is 1. The maximum absolute atomic E-state index is 11.8. The molecular weight excluding hydrogens is 326 g/mol. The van der Waals surface area contributed by atoms with E-state index in [1.807, 2.05) is 29.2 Å². The first-order valence-electron chi connectivity index (χ1n) is 8.71. The van der Waals surface area contributed by atoms with Crippen molar-refractivity contribution < 1.29 is 9.59 Å². The molecule has 1 aliphatic rings. The smallest absolute Gasteiger partial charge is 0.222 e. The van der Waals surface area contributed by atoms with Crippen molar-refractivity contribution in [1.29, 1.82) is 5.26 Å². The highest BCUT2D eigenvalue weighted by atomic mass is 16.2. The van der Waals surface area contributed by atoms with Gasteiger partial charge in [0.05, 0.1) is 11.6 Å². The Bertz CT molecular complexity index is 866. The molecule has 132 valence electrons. The second-order valence-corrected chi connectivity index (χ2v) is 6.52. The molecule has 1 amide bonds. The maximum atomic E-state index is 11.8. The maximum Gasteiger partial charge on any atom is 0.222 e. The Kier molecular flexibility index (Phi) is 5.33. The summed E-state index contributed by atoms with van der Waals surface area (Å²) in [5.74, 6) is 0.187. The lowest BCUT2D eigenvalue weighted by atomic mass is 10.1. The van der Waals surface area contributed by atoms with E-state index in [0.29, 0.717) is 36.3 Å². The molecule has 1 N–H and O–H groups in total. The van der Waals surface area contributed by atoms with Crippen LogP contribution in [0.25, 0.3) is 0 Å². The van der Waals surface area contributed by atoms with Gasteiger partial charge in [0.15, 0.2) is 5.78 Å². The van der Waals surface area contributed by atoms with E-state index in [4.69, 9.17) is 5.26 Å². The number of hydrogen-bond acceptors (Lipinski definition) is 4. The molecule has 5 nitrogen and oxygen atoms in total. The van der Waals surface area contributed by atoms with E-state index in [9.17, 15) is 9.59 Å². The molecule has 1 heterocycles. The Balaban J connectivity index is 1.66. The zero-order chi connectivity index (χ0) is 18.5. The SMILES string of the molecule is CC(=O)c1ccc(C#N)cc1NCc1ccc(CN2CCCC2=O)cc1. The van der Waals surface area contributed by atoms with Crippen molar-refractivity contribution in [3.63, 3.8) is 0 Å². The molecule has 0 atom stereocenters. The molecule has 0 aliphatic carbocycles. The molecule has 1 fully saturated rings. The predicted molar refractivity (Wildman–Crippen MR) is 99.6 cm³/mol. The molecule has 0 radical (unpaired) electrons. The van der Waals surface area contributed by atoms with E-state index < -0.39 is 0 Å². The summed E-state index contributed by atoms with van der Waals surface area (Å²) >= 11 is 0. The molecule has 2 aromatic rings. The number of likely N-dealkylation sites (tertiary alicyclic amines) is 1. The fourth-order valence-corrected chi connectivity index (χ4v) is 3.12. The van der Waals surface area contributed by atoms with Gasteiger partial charge in [0, 0.05) is 37.3 Å². The van der Waals surface area contributed by atoms with Crippen molar-refractivity contribution in [2.75, 3.05) is 11.9 Å². The number of amides is 1. The summed E-state index contributed by atoms with van der Waals surface area (Å²) in [5.41, 5.74) is 3.94. The first-order chi connectivity index (χ1) is 12.6. The van der Waals surface area contributed by atoms with Crippen LogP contribution in [-0.2, 0) is 17.9 Å². The standard InChI is InChI=1S/C21H21N3O2/c1-15(25)19-9-8-18(12-22)11-20(19)23-13-16-4-6-17(7-5-16)14-24-10-2-3-21(24)26/h4-9,11,23H,2-3,10,13-14H2,1H3. The molecule has 3 rings (SSSR count). The zero-order valence-electron chi connectivity index (χ0n) is 14.8. The Morgan fingerprint density at radius 3 is 2.54 bits per heavy atom. The normalized spacial score (nSPS) is 13.5. The Morgan fingerprint density at radius 1 is 1.19 bits per heavy atom. The minimum atomic E-state index is -0.0392. The van der Waals surface area contributed by atoms with Crippen molar-refractivity contribution >= 4 is 17.4 Å². The van der Waals surface area contributed by atoms with Crippen molar-refractivity contribution in [2.45, 2.75) is 32.9 Å². The zero-order valence-corrected chi connectivity index (χ0v) is 14.8. The topological polar surface area (TPSA) is 73.2 Å². The predicted octanol–water partition coefficient (Wildman–Crippen LogP) is 3.50. The van der Waals surface area contributed by atoms with Crippen LogP contribution >= 0.6 is 0 Å². The lowest BCUT2D eigenvalue weighted by molar-refractivity contribution is -0.128. The van der Waals surface area contributed by atoms with Crippen LogP contribution in [0.3, 0.4) is 0 Å². The third-order valence-corrected chi connectivity index (χ3v) is 4.58. The molecule has 0 saturated carbocycles. The largest absolute Gasteiger partial charge is 0.380 e. The van der Waals surface area contributed by atoms with Crippen molar-refractivity contribution in [3.05, 3.63) is 64.7 Å². The van der Waals surface area contributed by atoms with Crippen LogP contribution in [0.2, 0.25) is 0 Å². The average molecular weight is 347 g/mol. The van der Waals surface area contributed by atoms with Crippen LogP contribution in [-0.4, -0.2) is 23.1 Å². The molecule has 0 spiro atoms. The third kappa shape index (κ3) is 4.09. The number of nitrogens with zero attached hydrogens (tertiary/aromatic N) is 2.